The Bertz CT molecular complexity index is 685. The zero-order valence-corrected chi connectivity index (χ0v) is 15.6. The fourth-order valence-corrected chi connectivity index (χ4v) is 3.27. The molecule has 0 atom stereocenters. The van der Waals surface area contributed by atoms with Gasteiger partial charge in [-0.1, -0.05) is 23.9 Å². The summed E-state index contributed by atoms with van der Waals surface area (Å²) in [6.07, 6.45) is 4.56. The van der Waals surface area contributed by atoms with Crippen molar-refractivity contribution in [2.24, 2.45) is 0 Å². The first-order chi connectivity index (χ1) is 11.5. The Kier molecular flexibility index (Phi) is 6.87. The van der Waals surface area contributed by atoms with E-state index in [-0.39, 0.29) is 5.91 Å². The Labute approximate surface area is 148 Å². The molecule has 1 aromatic heterocycles. The summed E-state index contributed by atoms with van der Waals surface area (Å²) < 4.78 is 7.07. The van der Waals surface area contributed by atoms with Crippen molar-refractivity contribution in [2.45, 2.75) is 25.4 Å². The molecule has 0 aliphatic heterocycles. The zero-order valence-electron chi connectivity index (χ0n) is 14.8. The second kappa shape index (κ2) is 8.89. The molecule has 6 heteroatoms. The number of aryl methyl sites for hydroxylation is 2. The van der Waals surface area contributed by atoms with Gasteiger partial charge in [0.2, 0.25) is 5.91 Å². The predicted molar refractivity (Wildman–Crippen MR) is 97.9 cm³/mol. The second-order valence-corrected chi connectivity index (χ2v) is 6.76. The van der Waals surface area contributed by atoms with Gasteiger partial charge in [0.05, 0.1) is 11.4 Å². The van der Waals surface area contributed by atoms with E-state index in [1.165, 1.54) is 22.9 Å². The third-order valence-corrected chi connectivity index (χ3v) is 4.78. The smallest absolute Gasteiger partial charge is 0.232 e. The largest absolute Gasteiger partial charge is 0.385 e. The Morgan fingerprint density at radius 1 is 1.38 bits per heavy atom. The molecule has 0 fully saturated rings. The summed E-state index contributed by atoms with van der Waals surface area (Å²) in [7, 11) is 3.50. The lowest BCUT2D eigenvalue weighted by atomic mass is 10.1. The van der Waals surface area contributed by atoms with Crippen LogP contribution in [-0.2, 0) is 9.53 Å². The average molecular weight is 347 g/mol. The summed E-state index contributed by atoms with van der Waals surface area (Å²) in [5.41, 5.74) is 3.49. The summed E-state index contributed by atoms with van der Waals surface area (Å²) in [5.74, 6) is 0.484. The molecule has 1 aromatic carbocycles. The quantitative estimate of drug-likeness (QED) is 0.544. The number of carbonyl (C=O) groups is 1. The number of nitrogens with zero attached hydrogens (tertiary/aromatic N) is 3. The van der Waals surface area contributed by atoms with Gasteiger partial charge in [-0.2, -0.15) is 0 Å². The lowest BCUT2D eigenvalue weighted by molar-refractivity contribution is -0.127. The molecule has 0 bridgehead atoms. The van der Waals surface area contributed by atoms with E-state index >= 15 is 0 Å². The van der Waals surface area contributed by atoms with Gasteiger partial charge in [-0.15, -0.1) is 0 Å². The highest BCUT2D eigenvalue weighted by atomic mass is 32.2. The average Bonchev–Trinajstić information content (AvgIpc) is 3.03. The van der Waals surface area contributed by atoms with E-state index in [1.807, 2.05) is 17.8 Å². The summed E-state index contributed by atoms with van der Waals surface area (Å²) in [6, 6.07) is 6.34. The Morgan fingerprint density at radius 2 is 2.17 bits per heavy atom. The first-order valence-corrected chi connectivity index (χ1v) is 8.98. The lowest BCUT2D eigenvalue weighted by Gasteiger charge is -2.17. The number of benzene rings is 1. The molecule has 0 unspecified atom stereocenters. The fourth-order valence-electron chi connectivity index (χ4n) is 2.37. The van der Waals surface area contributed by atoms with Gasteiger partial charge in [-0.05, 0) is 37.5 Å². The maximum Gasteiger partial charge on any atom is 0.232 e. The van der Waals surface area contributed by atoms with Crippen molar-refractivity contribution in [3.63, 3.8) is 0 Å². The molecule has 130 valence electrons. The van der Waals surface area contributed by atoms with Crippen LogP contribution < -0.4 is 0 Å². The van der Waals surface area contributed by atoms with Gasteiger partial charge in [-0.25, -0.2) is 4.98 Å². The molecule has 0 saturated heterocycles. The maximum atomic E-state index is 12.2. The molecule has 1 heterocycles. The molecule has 0 N–H and O–H groups in total. The molecule has 1 amide bonds. The molecule has 0 aliphatic carbocycles. The number of aromatic nitrogens is 2. The minimum atomic E-state index is 0.103. The second-order valence-electron chi connectivity index (χ2n) is 5.82. The summed E-state index contributed by atoms with van der Waals surface area (Å²) in [5, 5.41) is 0.836. The fraction of sp³-hybridized carbons (Fsp3) is 0.444. The monoisotopic (exact) mass is 347 g/mol. The Hall–Kier alpha value is -1.79. The predicted octanol–water partition coefficient (Wildman–Crippen LogP) is 3.08. The van der Waals surface area contributed by atoms with E-state index in [0.29, 0.717) is 18.9 Å². The van der Waals surface area contributed by atoms with Crippen LogP contribution in [0.1, 0.15) is 17.5 Å². The van der Waals surface area contributed by atoms with Crippen molar-refractivity contribution in [2.75, 3.05) is 33.1 Å². The molecule has 0 radical (unpaired) electrons. The van der Waals surface area contributed by atoms with Crippen molar-refractivity contribution < 1.29 is 9.53 Å². The van der Waals surface area contributed by atoms with Gasteiger partial charge >= 0.3 is 0 Å². The van der Waals surface area contributed by atoms with Crippen LogP contribution in [0.4, 0.5) is 0 Å². The van der Waals surface area contributed by atoms with Crippen molar-refractivity contribution in [3.05, 3.63) is 41.7 Å². The highest BCUT2D eigenvalue weighted by molar-refractivity contribution is 7.99. The highest BCUT2D eigenvalue weighted by Crippen LogP contribution is 2.23. The normalized spacial score (nSPS) is 10.8. The third-order valence-electron chi connectivity index (χ3n) is 3.82. The van der Waals surface area contributed by atoms with Gasteiger partial charge < -0.3 is 9.64 Å². The van der Waals surface area contributed by atoms with Crippen LogP contribution >= 0.6 is 11.8 Å². The van der Waals surface area contributed by atoms with E-state index in [9.17, 15) is 4.79 Å². The van der Waals surface area contributed by atoms with Crippen LogP contribution in [0.2, 0.25) is 0 Å². The van der Waals surface area contributed by atoms with Gasteiger partial charge in [-0.3, -0.25) is 9.36 Å². The number of thioether (sulfide) groups is 1. The number of imidazole rings is 1. The van der Waals surface area contributed by atoms with Crippen LogP contribution in [0, 0.1) is 13.8 Å². The Morgan fingerprint density at radius 3 is 2.92 bits per heavy atom. The van der Waals surface area contributed by atoms with Gasteiger partial charge in [0.15, 0.2) is 5.16 Å². The van der Waals surface area contributed by atoms with Crippen molar-refractivity contribution in [3.8, 4) is 5.69 Å². The molecule has 0 saturated carbocycles. The summed E-state index contributed by atoms with van der Waals surface area (Å²) in [4.78, 5) is 18.4. The maximum absolute atomic E-state index is 12.2. The van der Waals surface area contributed by atoms with Gasteiger partial charge in [0.1, 0.15) is 0 Å². The zero-order chi connectivity index (χ0) is 17.5. The van der Waals surface area contributed by atoms with Gasteiger partial charge in [0.25, 0.3) is 0 Å². The molecule has 2 aromatic rings. The minimum absolute atomic E-state index is 0.103. The molecule has 24 heavy (non-hydrogen) atoms. The first-order valence-electron chi connectivity index (χ1n) is 7.99. The molecule has 0 spiro atoms. The van der Waals surface area contributed by atoms with Crippen LogP contribution in [0.5, 0.6) is 0 Å². The van der Waals surface area contributed by atoms with Crippen molar-refractivity contribution >= 4 is 17.7 Å². The highest BCUT2D eigenvalue weighted by Gasteiger charge is 2.13. The SMILES string of the molecule is COCCCN(C)C(=O)CSc1nccn1-c1cc(C)ccc1C. The molecule has 2 rings (SSSR count). The molecular weight excluding hydrogens is 322 g/mol. The number of hydrogen-bond donors (Lipinski definition) is 0. The minimum Gasteiger partial charge on any atom is -0.385 e. The standard InChI is InChI=1S/C18H25N3O2S/c1-14-6-7-15(2)16(12-14)21-10-8-19-18(21)24-13-17(22)20(3)9-5-11-23-4/h6-8,10,12H,5,9,11,13H2,1-4H3. The van der Waals surface area contributed by atoms with E-state index in [1.54, 1.807) is 18.2 Å². The van der Waals surface area contributed by atoms with Crippen LogP contribution in [0.25, 0.3) is 5.69 Å². The number of ether oxygens (including phenoxy) is 1. The van der Waals surface area contributed by atoms with Gasteiger partial charge in [0, 0.05) is 39.7 Å². The number of rotatable bonds is 8. The number of carbonyl (C=O) groups excluding carboxylic acids is 1. The number of methoxy groups -OCH3 is 1. The Balaban J connectivity index is 2.01. The summed E-state index contributed by atoms with van der Waals surface area (Å²) in [6.45, 7) is 5.53. The van der Waals surface area contributed by atoms with Crippen LogP contribution in [0.3, 0.4) is 0 Å². The molecule has 5 nitrogen and oxygen atoms in total. The number of hydrogen-bond acceptors (Lipinski definition) is 4. The molecule has 0 aliphatic rings. The number of amides is 1. The van der Waals surface area contributed by atoms with Crippen LogP contribution in [0.15, 0.2) is 35.7 Å². The summed E-state index contributed by atoms with van der Waals surface area (Å²) >= 11 is 1.47. The van der Waals surface area contributed by atoms with E-state index < -0.39 is 0 Å². The van der Waals surface area contributed by atoms with Crippen molar-refractivity contribution in [1.82, 2.24) is 14.5 Å². The first kappa shape index (κ1) is 18.5. The van der Waals surface area contributed by atoms with E-state index in [2.05, 4.69) is 37.0 Å². The van der Waals surface area contributed by atoms with Crippen molar-refractivity contribution in [1.29, 1.82) is 0 Å². The van der Waals surface area contributed by atoms with Crippen LogP contribution in [-0.4, -0.2) is 53.4 Å². The van der Waals surface area contributed by atoms with E-state index in [0.717, 1.165) is 17.3 Å². The third kappa shape index (κ3) is 4.85. The molecular formula is C18H25N3O2S. The van der Waals surface area contributed by atoms with E-state index in [4.69, 9.17) is 4.74 Å². The topological polar surface area (TPSA) is 47.4 Å². The lowest BCUT2D eigenvalue weighted by Crippen LogP contribution is -2.29.